The van der Waals surface area contributed by atoms with Gasteiger partial charge in [-0.3, -0.25) is 4.79 Å². The van der Waals surface area contributed by atoms with E-state index in [0.717, 1.165) is 0 Å². The van der Waals surface area contributed by atoms with Gasteiger partial charge in [0.15, 0.2) is 0 Å². The number of hydrogen-bond acceptors (Lipinski definition) is 2. The van der Waals surface area contributed by atoms with Gasteiger partial charge in [0.05, 0.1) is 17.9 Å². The fourth-order valence-corrected chi connectivity index (χ4v) is 1.08. The van der Waals surface area contributed by atoms with Crippen molar-refractivity contribution in [3.8, 4) is 6.07 Å². The first kappa shape index (κ1) is 10.7. The number of nitrogens with zero attached hydrogens (tertiary/aromatic N) is 1. The van der Waals surface area contributed by atoms with Crippen molar-refractivity contribution in [1.82, 2.24) is 0 Å². The fraction of sp³-hybridized carbons (Fsp3) is 0.556. The molecular weight excluding hydrogens is 154 g/mol. The molecule has 0 rings (SSSR count). The molecule has 0 heterocycles. The van der Waals surface area contributed by atoms with Crippen molar-refractivity contribution in [1.29, 1.82) is 5.26 Å². The third-order valence-corrected chi connectivity index (χ3v) is 1.83. The fourth-order valence-electron chi connectivity index (χ4n) is 1.08. The molecule has 0 aliphatic rings. The molecule has 0 aromatic carbocycles. The van der Waals surface area contributed by atoms with Crippen molar-refractivity contribution in [3.63, 3.8) is 0 Å². The first-order valence-electron chi connectivity index (χ1n) is 3.90. The van der Waals surface area contributed by atoms with Gasteiger partial charge in [0.1, 0.15) is 0 Å². The van der Waals surface area contributed by atoms with Gasteiger partial charge in [-0.1, -0.05) is 13.0 Å². The molecule has 0 bridgehead atoms. The maximum atomic E-state index is 10.6. The second-order valence-corrected chi connectivity index (χ2v) is 2.61. The molecule has 2 atom stereocenters. The summed E-state index contributed by atoms with van der Waals surface area (Å²) in [5.74, 6) is -1.92. The Bertz CT molecular complexity index is 205. The predicted molar refractivity (Wildman–Crippen MR) is 45.3 cm³/mol. The van der Waals surface area contributed by atoms with E-state index < -0.39 is 17.8 Å². The Morgan fingerprint density at radius 2 is 2.42 bits per heavy atom. The molecule has 0 aliphatic carbocycles. The summed E-state index contributed by atoms with van der Waals surface area (Å²) in [7, 11) is 0. The van der Waals surface area contributed by atoms with Gasteiger partial charge in [-0.2, -0.15) is 5.26 Å². The largest absolute Gasteiger partial charge is 0.481 e. The zero-order valence-electron chi connectivity index (χ0n) is 7.16. The number of carbonyl (C=O) groups is 1. The lowest BCUT2D eigenvalue weighted by Gasteiger charge is -2.13. The van der Waals surface area contributed by atoms with Crippen LogP contribution in [0.1, 0.15) is 19.8 Å². The molecular formula is C9H13NO2. The molecule has 1 N–H and O–H groups in total. The zero-order chi connectivity index (χ0) is 9.56. The highest BCUT2D eigenvalue weighted by atomic mass is 16.4. The highest BCUT2D eigenvalue weighted by Gasteiger charge is 2.24. The van der Waals surface area contributed by atoms with E-state index in [4.69, 9.17) is 10.4 Å². The average molecular weight is 167 g/mol. The Morgan fingerprint density at radius 1 is 1.83 bits per heavy atom. The number of carboxylic acid groups (broad SMARTS) is 1. The number of allylic oxidation sites excluding steroid dienone is 1. The molecule has 0 saturated heterocycles. The molecule has 0 amide bonds. The summed E-state index contributed by atoms with van der Waals surface area (Å²) in [6.07, 6.45) is 2.47. The molecule has 0 saturated carbocycles. The van der Waals surface area contributed by atoms with Crippen LogP contribution in [0.5, 0.6) is 0 Å². The van der Waals surface area contributed by atoms with Crippen LogP contribution in [0.3, 0.4) is 0 Å². The number of rotatable bonds is 5. The van der Waals surface area contributed by atoms with Gasteiger partial charge in [-0.15, -0.1) is 6.58 Å². The highest BCUT2D eigenvalue weighted by molar-refractivity contribution is 5.71. The second kappa shape index (κ2) is 5.36. The average Bonchev–Trinajstić information content (AvgIpc) is 2.05. The van der Waals surface area contributed by atoms with E-state index in [0.29, 0.717) is 12.8 Å². The minimum absolute atomic E-state index is 0.363. The Morgan fingerprint density at radius 3 is 2.67 bits per heavy atom. The second-order valence-electron chi connectivity index (χ2n) is 2.61. The number of nitriles is 1. The summed E-state index contributed by atoms with van der Waals surface area (Å²) in [5.41, 5.74) is 0. The lowest BCUT2D eigenvalue weighted by atomic mass is 9.89. The van der Waals surface area contributed by atoms with E-state index in [1.807, 2.05) is 13.0 Å². The molecule has 2 unspecified atom stereocenters. The third kappa shape index (κ3) is 2.75. The Kier molecular flexibility index (Phi) is 4.78. The molecule has 0 radical (unpaired) electrons. The SMILES string of the molecule is C=CCC(C(=O)O)C(C#N)CC. The number of hydrogen-bond donors (Lipinski definition) is 1. The van der Waals surface area contributed by atoms with Crippen LogP contribution in [0.2, 0.25) is 0 Å². The van der Waals surface area contributed by atoms with E-state index in [9.17, 15) is 4.79 Å². The maximum absolute atomic E-state index is 10.6. The first-order valence-corrected chi connectivity index (χ1v) is 3.90. The molecule has 12 heavy (non-hydrogen) atoms. The van der Waals surface area contributed by atoms with Crippen molar-refractivity contribution in [2.45, 2.75) is 19.8 Å². The Labute approximate surface area is 72.3 Å². The molecule has 0 spiro atoms. The minimum Gasteiger partial charge on any atom is -0.481 e. The van der Waals surface area contributed by atoms with Crippen LogP contribution < -0.4 is 0 Å². The van der Waals surface area contributed by atoms with Crippen LogP contribution in [0.4, 0.5) is 0 Å². The summed E-state index contributed by atoms with van der Waals surface area (Å²) in [5, 5.41) is 17.4. The standard InChI is InChI=1S/C9H13NO2/c1-3-5-8(9(11)12)7(4-2)6-10/h3,7-8H,1,4-5H2,2H3,(H,11,12). The maximum Gasteiger partial charge on any atom is 0.308 e. The van der Waals surface area contributed by atoms with E-state index in [-0.39, 0.29) is 0 Å². The van der Waals surface area contributed by atoms with Gasteiger partial charge >= 0.3 is 5.97 Å². The van der Waals surface area contributed by atoms with Gasteiger partial charge in [-0.25, -0.2) is 0 Å². The van der Waals surface area contributed by atoms with E-state index in [1.54, 1.807) is 6.08 Å². The predicted octanol–water partition coefficient (Wildman–Crippen LogP) is 1.81. The first-order chi connectivity index (χ1) is 5.67. The number of aliphatic carboxylic acids is 1. The topological polar surface area (TPSA) is 61.1 Å². The molecule has 0 aromatic rings. The zero-order valence-corrected chi connectivity index (χ0v) is 7.16. The Hall–Kier alpha value is -1.30. The van der Waals surface area contributed by atoms with E-state index >= 15 is 0 Å². The summed E-state index contributed by atoms with van der Waals surface area (Å²) in [4.78, 5) is 10.6. The minimum atomic E-state index is -0.914. The quantitative estimate of drug-likeness (QED) is 0.635. The molecule has 0 aliphatic heterocycles. The molecule has 0 fully saturated rings. The van der Waals surface area contributed by atoms with Crippen LogP contribution in [0.15, 0.2) is 12.7 Å². The van der Waals surface area contributed by atoms with Crippen molar-refractivity contribution in [2.75, 3.05) is 0 Å². The van der Waals surface area contributed by atoms with Crippen molar-refractivity contribution in [3.05, 3.63) is 12.7 Å². The van der Waals surface area contributed by atoms with Gasteiger partial charge in [0.2, 0.25) is 0 Å². The van der Waals surface area contributed by atoms with Crippen LogP contribution >= 0.6 is 0 Å². The van der Waals surface area contributed by atoms with Gasteiger partial charge < -0.3 is 5.11 Å². The lowest BCUT2D eigenvalue weighted by molar-refractivity contribution is -0.142. The third-order valence-electron chi connectivity index (χ3n) is 1.83. The summed E-state index contributed by atoms with van der Waals surface area (Å²) >= 11 is 0. The normalized spacial score (nSPS) is 14.3. The molecule has 3 nitrogen and oxygen atoms in total. The van der Waals surface area contributed by atoms with Crippen molar-refractivity contribution < 1.29 is 9.90 Å². The Balaban J connectivity index is 4.37. The molecule has 0 aromatic heterocycles. The van der Waals surface area contributed by atoms with E-state index in [2.05, 4.69) is 6.58 Å². The van der Waals surface area contributed by atoms with E-state index in [1.165, 1.54) is 0 Å². The van der Waals surface area contributed by atoms with Crippen LogP contribution in [-0.2, 0) is 4.79 Å². The van der Waals surface area contributed by atoms with Crippen LogP contribution in [0, 0.1) is 23.2 Å². The van der Waals surface area contributed by atoms with Crippen molar-refractivity contribution in [2.24, 2.45) is 11.8 Å². The highest BCUT2D eigenvalue weighted by Crippen LogP contribution is 2.19. The summed E-state index contributed by atoms with van der Waals surface area (Å²) < 4.78 is 0. The molecule has 3 heteroatoms. The van der Waals surface area contributed by atoms with Gasteiger partial charge in [0, 0.05) is 0 Å². The smallest absolute Gasteiger partial charge is 0.308 e. The number of carboxylic acids is 1. The summed E-state index contributed by atoms with van der Waals surface area (Å²) in [6.45, 7) is 5.27. The van der Waals surface area contributed by atoms with Crippen LogP contribution in [-0.4, -0.2) is 11.1 Å². The van der Waals surface area contributed by atoms with Crippen molar-refractivity contribution >= 4 is 5.97 Å². The van der Waals surface area contributed by atoms with Crippen LogP contribution in [0.25, 0.3) is 0 Å². The lowest BCUT2D eigenvalue weighted by Crippen LogP contribution is -2.21. The molecule has 66 valence electrons. The summed E-state index contributed by atoms with van der Waals surface area (Å²) in [6, 6.07) is 1.99. The van der Waals surface area contributed by atoms with Gasteiger partial charge in [-0.05, 0) is 12.8 Å². The van der Waals surface area contributed by atoms with Gasteiger partial charge in [0.25, 0.3) is 0 Å². The monoisotopic (exact) mass is 167 g/mol.